The predicted octanol–water partition coefficient (Wildman–Crippen LogP) is 6.59. The maximum atomic E-state index is 11.7. The van der Waals surface area contributed by atoms with E-state index in [4.69, 9.17) is 23.6 Å². The molecule has 1 aliphatic carbocycles. The van der Waals surface area contributed by atoms with Crippen molar-refractivity contribution in [2.75, 3.05) is 13.2 Å². The van der Waals surface area contributed by atoms with Crippen molar-refractivity contribution in [3.05, 3.63) is 96.4 Å². The molecule has 38 heavy (non-hydrogen) atoms. The minimum absolute atomic E-state index is 0.101. The number of carbonyl (C=O) groups is 1. The number of hydrogen-bond donors (Lipinski definition) is 0. The van der Waals surface area contributed by atoms with Gasteiger partial charge in [0.05, 0.1) is 12.7 Å². The van der Waals surface area contributed by atoms with Crippen molar-refractivity contribution in [1.29, 1.82) is 0 Å². The van der Waals surface area contributed by atoms with Crippen LogP contribution in [-0.2, 0) is 26.3 Å². The van der Waals surface area contributed by atoms with E-state index in [1.807, 2.05) is 54.6 Å². The minimum atomic E-state index is -0.531. The van der Waals surface area contributed by atoms with Gasteiger partial charge in [-0.25, -0.2) is 9.78 Å². The maximum absolute atomic E-state index is 11.7. The molecule has 3 atom stereocenters. The van der Waals surface area contributed by atoms with Crippen molar-refractivity contribution in [3.8, 4) is 28.3 Å². The molecule has 0 bridgehead atoms. The number of rotatable bonds is 9. The first kappa shape index (κ1) is 24.4. The third kappa shape index (κ3) is 4.72. The van der Waals surface area contributed by atoms with Crippen LogP contribution in [0.4, 0.5) is 0 Å². The topological polar surface area (TPSA) is 74.1 Å². The number of nitrogens with zero attached hydrogens (tertiary/aromatic N) is 1. The Hall–Kier alpha value is -3.90. The molecular weight excluding hydrogens is 478 g/mol. The van der Waals surface area contributed by atoms with Crippen LogP contribution < -0.4 is 4.74 Å². The minimum Gasteiger partial charge on any atom is -0.482 e. The van der Waals surface area contributed by atoms with Crippen molar-refractivity contribution >= 4 is 5.97 Å². The molecule has 6 rings (SSSR count). The normalized spacial score (nSPS) is 21.9. The lowest BCUT2D eigenvalue weighted by Gasteiger charge is -2.26. The Bertz CT molecular complexity index is 1340. The number of epoxide rings is 1. The van der Waals surface area contributed by atoms with Gasteiger partial charge in [0.2, 0.25) is 5.89 Å². The summed E-state index contributed by atoms with van der Waals surface area (Å²) < 4.78 is 23.7. The number of hydrogen-bond acceptors (Lipinski definition) is 6. The summed E-state index contributed by atoms with van der Waals surface area (Å²) in [6, 6.07) is 28.2. The molecule has 0 amide bonds. The molecule has 194 valence electrons. The van der Waals surface area contributed by atoms with Crippen molar-refractivity contribution in [2.45, 2.75) is 44.3 Å². The highest BCUT2D eigenvalue weighted by molar-refractivity contribution is 5.77. The number of aromatic nitrogens is 1. The highest BCUT2D eigenvalue weighted by Crippen LogP contribution is 2.59. The van der Waals surface area contributed by atoms with Gasteiger partial charge >= 0.3 is 5.97 Å². The van der Waals surface area contributed by atoms with Crippen LogP contribution in [0.2, 0.25) is 0 Å². The van der Waals surface area contributed by atoms with Gasteiger partial charge < -0.3 is 18.6 Å². The second-order valence-electron chi connectivity index (χ2n) is 9.90. The van der Waals surface area contributed by atoms with Crippen LogP contribution in [0, 0.1) is 5.92 Å². The van der Waals surface area contributed by atoms with Crippen LogP contribution in [0.25, 0.3) is 22.6 Å². The lowest BCUT2D eigenvalue weighted by Crippen LogP contribution is -2.30. The molecule has 0 spiro atoms. The second kappa shape index (κ2) is 10.5. The third-order valence-corrected chi connectivity index (χ3v) is 7.47. The van der Waals surface area contributed by atoms with E-state index in [1.165, 1.54) is 0 Å². The zero-order valence-corrected chi connectivity index (χ0v) is 21.5. The third-order valence-electron chi connectivity index (χ3n) is 7.47. The predicted molar refractivity (Wildman–Crippen MR) is 144 cm³/mol. The first-order valence-corrected chi connectivity index (χ1v) is 13.3. The Morgan fingerprint density at radius 3 is 2.50 bits per heavy atom. The van der Waals surface area contributed by atoms with Crippen molar-refractivity contribution in [1.82, 2.24) is 4.98 Å². The van der Waals surface area contributed by atoms with Crippen LogP contribution >= 0.6 is 0 Å². The first-order chi connectivity index (χ1) is 18.7. The Balaban J connectivity index is 1.30. The zero-order chi connectivity index (χ0) is 26.0. The number of esters is 1. The largest absolute Gasteiger partial charge is 0.482 e. The van der Waals surface area contributed by atoms with Crippen LogP contribution in [-0.4, -0.2) is 30.3 Å². The van der Waals surface area contributed by atoms with Crippen molar-refractivity contribution < 1.29 is 23.4 Å². The van der Waals surface area contributed by atoms with E-state index in [1.54, 1.807) is 6.92 Å². The molecule has 1 aliphatic heterocycles. The van der Waals surface area contributed by atoms with Gasteiger partial charge in [0.25, 0.3) is 0 Å². The maximum Gasteiger partial charge on any atom is 0.344 e. The van der Waals surface area contributed by atoms with Gasteiger partial charge in [0.1, 0.15) is 11.4 Å². The molecule has 0 unspecified atom stereocenters. The van der Waals surface area contributed by atoms with E-state index in [9.17, 15) is 4.79 Å². The fourth-order valence-corrected chi connectivity index (χ4v) is 5.67. The van der Waals surface area contributed by atoms with Crippen LogP contribution in [0.5, 0.6) is 5.75 Å². The van der Waals surface area contributed by atoms with E-state index in [0.717, 1.165) is 53.8 Å². The monoisotopic (exact) mass is 509 g/mol. The number of ether oxygens (including phenoxy) is 3. The number of fused-ring (bicyclic) bond motifs is 1. The molecule has 3 aromatic carbocycles. The molecule has 2 aliphatic rings. The number of oxazole rings is 1. The lowest BCUT2D eigenvalue weighted by molar-refractivity contribution is -0.145. The van der Waals surface area contributed by atoms with Gasteiger partial charge in [0, 0.05) is 17.0 Å². The molecule has 0 radical (unpaired) electrons. The molecular formula is C32H31NO5. The molecule has 6 nitrogen and oxygen atoms in total. The molecule has 2 fully saturated rings. The Morgan fingerprint density at radius 2 is 1.74 bits per heavy atom. The Kier molecular flexibility index (Phi) is 6.73. The molecule has 4 aromatic rings. The summed E-state index contributed by atoms with van der Waals surface area (Å²) >= 11 is 0. The zero-order valence-electron chi connectivity index (χ0n) is 21.5. The van der Waals surface area contributed by atoms with Crippen LogP contribution in [0.3, 0.4) is 0 Å². The summed E-state index contributed by atoms with van der Waals surface area (Å²) in [4.78, 5) is 16.8. The summed E-state index contributed by atoms with van der Waals surface area (Å²) in [5.74, 6) is 1.94. The lowest BCUT2D eigenvalue weighted by atomic mass is 9.75. The standard InChI is InChI=1S/C32H31NO5/c1-2-35-28(34)21-36-26-17-9-11-22(20-26)19-25-16-10-18-27-32(25,38-27)31-33-29(23-12-5-3-6-13-23)30(37-31)24-14-7-4-8-15-24/h3-9,11-15,17,20,25,27H,2,10,16,18-19,21H2,1H3/t25-,27+,32-/m0/s1. The fourth-order valence-electron chi connectivity index (χ4n) is 5.67. The highest BCUT2D eigenvalue weighted by Gasteiger charge is 2.67. The smallest absolute Gasteiger partial charge is 0.344 e. The molecule has 0 N–H and O–H groups in total. The van der Waals surface area contributed by atoms with Crippen molar-refractivity contribution in [3.63, 3.8) is 0 Å². The van der Waals surface area contributed by atoms with Gasteiger partial charge in [-0.15, -0.1) is 0 Å². The fraction of sp³-hybridized carbons (Fsp3) is 0.312. The molecule has 1 saturated heterocycles. The Labute approximate surface area is 222 Å². The molecule has 1 aromatic heterocycles. The average Bonchev–Trinajstić information content (AvgIpc) is 3.55. The average molecular weight is 510 g/mol. The molecule has 6 heteroatoms. The summed E-state index contributed by atoms with van der Waals surface area (Å²) in [7, 11) is 0. The van der Waals surface area contributed by atoms with E-state index in [-0.39, 0.29) is 24.6 Å². The van der Waals surface area contributed by atoms with Gasteiger partial charge in [0.15, 0.2) is 18.0 Å². The van der Waals surface area contributed by atoms with E-state index in [0.29, 0.717) is 18.2 Å². The number of carbonyl (C=O) groups excluding carboxylic acids is 1. The summed E-state index contributed by atoms with van der Waals surface area (Å²) in [5, 5.41) is 0. The van der Waals surface area contributed by atoms with Crippen molar-refractivity contribution in [2.24, 2.45) is 5.92 Å². The molecule has 1 saturated carbocycles. The second-order valence-corrected chi connectivity index (χ2v) is 9.90. The van der Waals surface area contributed by atoms with E-state index >= 15 is 0 Å². The summed E-state index contributed by atoms with van der Waals surface area (Å²) in [5.41, 5.74) is 3.46. The van der Waals surface area contributed by atoms with E-state index in [2.05, 4.69) is 30.3 Å². The molecule has 2 heterocycles. The highest BCUT2D eigenvalue weighted by atomic mass is 16.6. The summed E-state index contributed by atoms with van der Waals surface area (Å²) in [6.07, 6.45) is 4.04. The van der Waals surface area contributed by atoms with Gasteiger partial charge in [-0.3, -0.25) is 0 Å². The quantitative estimate of drug-likeness (QED) is 0.187. The van der Waals surface area contributed by atoms with Gasteiger partial charge in [-0.1, -0.05) is 79.2 Å². The number of benzene rings is 3. The van der Waals surface area contributed by atoms with Gasteiger partial charge in [-0.05, 0) is 43.9 Å². The Morgan fingerprint density at radius 1 is 0.974 bits per heavy atom. The summed E-state index contributed by atoms with van der Waals surface area (Å²) in [6.45, 7) is 2.02. The van der Waals surface area contributed by atoms with Gasteiger partial charge in [-0.2, -0.15) is 0 Å². The SMILES string of the molecule is CCOC(=O)COc1cccc(C[C@@H]2CCC[C@H]3O[C@@]23c2nc(-c3ccccc3)c(-c3ccccc3)o2)c1. The first-order valence-electron chi connectivity index (χ1n) is 13.3. The van der Waals surface area contributed by atoms with Crippen LogP contribution in [0.15, 0.2) is 89.3 Å². The van der Waals surface area contributed by atoms with E-state index < -0.39 is 5.60 Å². The van der Waals surface area contributed by atoms with Crippen LogP contribution in [0.1, 0.15) is 37.6 Å².